The number of fused-ring (bicyclic) bond motifs is 18. The normalized spacial score (nSPS) is 12.5. The standard InChI is InChI=1S/C61H37NO4/c1-33(2)34-11-15-43(16-12-34)62(44-17-13-39-27-48-56(31-41(39)23-44)65-52-21-19-50-58(60(48)52)46-25-35-7-3-5-9-37(35)29-54(46)63-50)45-18-14-40-28-49-57(32-42(40)24-45)66-53-22-20-51-59(61(49)53)47-26-36-8-4-6-10-38(36)30-55(47)64-51/h3-33H,1-2H3. The molecule has 15 rings (SSSR count). The van der Waals surface area contributed by atoms with Gasteiger partial charge in [-0.3, -0.25) is 0 Å². The second-order valence-electron chi connectivity index (χ2n) is 18.3. The van der Waals surface area contributed by atoms with Crippen LogP contribution in [0, 0.1) is 0 Å². The maximum Gasteiger partial charge on any atom is 0.136 e. The first-order chi connectivity index (χ1) is 32.5. The minimum atomic E-state index is 0.424. The first kappa shape index (κ1) is 35.9. The lowest BCUT2D eigenvalue weighted by Gasteiger charge is -2.26. The third-order valence-electron chi connectivity index (χ3n) is 14.1. The number of benzene rings is 11. The van der Waals surface area contributed by atoms with Crippen LogP contribution in [0.25, 0.3) is 131 Å². The molecule has 0 saturated heterocycles. The molecule has 5 nitrogen and oxygen atoms in total. The lowest BCUT2D eigenvalue weighted by molar-refractivity contribution is 0.663. The van der Waals surface area contributed by atoms with Crippen LogP contribution in [0.5, 0.6) is 0 Å². The maximum atomic E-state index is 6.67. The van der Waals surface area contributed by atoms with Crippen molar-refractivity contribution in [3.8, 4) is 0 Å². The Labute approximate surface area is 376 Å². The molecule has 0 saturated carbocycles. The fourth-order valence-electron chi connectivity index (χ4n) is 10.8. The van der Waals surface area contributed by atoms with Gasteiger partial charge < -0.3 is 22.6 Å². The Morgan fingerprint density at radius 2 is 0.606 bits per heavy atom. The van der Waals surface area contributed by atoms with Gasteiger partial charge in [0.15, 0.2) is 0 Å². The van der Waals surface area contributed by atoms with Gasteiger partial charge in [-0.25, -0.2) is 0 Å². The van der Waals surface area contributed by atoms with Gasteiger partial charge >= 0.3 is 0 Å². The van der Waals surface area contributed by atoms with Crippen molar-refractivity contribution in [1.29, 1.82) is 0 Å². The zero-order chi connectivity index (χ0) is 43.4. The Bertz CT molecular complexity index is 4290. The Hall–Kier alpha value is -8.54. The quantitative estimate of drug-likeness (QED) is 0.177. The number of rotatable bonds is 4. The molecule has 0 radical (unpaired) electrons. The molecule has 11 aromatic carbocycles. The predicted octanol–water partition coefficient (Wildman–Crippen LogP) is 18.5. The lowest BCUT2D eigenvalue weighted by Crippen LogP contribution is -2.10. The summed E-state index contributed by atoms with van der Waals surface area (Å²) in [5.41, 5.74) is 11.4. The summed E-state index contributed by atoms with van der Waals surface area (Å²) in [6.07, 6.45) is 0. The second kappa shape index (κ2) is 13.0. The first-order valence-corrected chi connectivity index (χ1v) is 22.6. The maximum absolute atomic E-state index is 6.67. The van der Waals surface area contributed by atoms with Crippen molar-refractivity contribution in [3.63, 3.8) is 0 Å². The first-order valence-electron chi connectivity index (χ1n) is 22.6. The van der Waals surface area contributed by atoms with E-state index in [-0.39, 0.29) is 0 Å². The van der Waals surface area contributed by atoms with E-state index in [1.54, 1.807) is 0 Å². The van der Waals surface area contributed by atoms with Crippen molar-refractivity contribution in [2.45, 2.75) is 19.8 Å². The predicted molar refractivity (Wildman–Crippen MR) is 274 cm³/mol. The summed E-state index contributed by atoms with van der Waals surface area (Å²) >= 11 is 0. The van der Waals surface area contributed by atoms with E-state index in [0.29, 0.717) is 5.92 Å². The van der Waals surface area contributed by atoms with Crippen LogP contribution in [0.3, 0.4) is 0 Å². The van der Waals surface area contributed by atoms with Crippen LogP contribution in [0.4, 0.5) is 17.1 Å². The van der Waals surface area contributed by atoms with Gasteiger partial charge in [-0.1, -0.05) is 86.6 Å². The summed E-state index contributed by atoms with van der Waals surface area (Å²) in [7, 11) is 0. The molecule has 4 aromatic heterocycles. The van der Waals surface area contributed by atoms with Crippen molar-refractivity contribution in [3.05, 3.63) is 188 Å². The van der Waals surface area contributed by atoms with Crippen LogP contribution < -0.4 is 4.90 Å². The van der Waals surface area contributed by atoms with E-state index in [0.717, 1.165) is 137 Å². The molecule has 0 aliphatic carbocycles. The van der Waals surface area contributed by atoms with Crippen LogP contribution in [0.2, 0.25) is 0 Å². The number of anilines is 3. The van der Waals surface area contributed by atoms with Gasteiger partial charge in [0.25, 0.3) is 0 Å². The smallest absolute Gasteiger partial charge is 0.136 e. The van der Waals surface area contributed by atoms with E-state index >= 15 is 0 Å². The van der Waals surface area contributed by atoms with E-state index in [4.69, 9.17) is 17.7 Å². The fourth-order valence-corrected chi connectivity index (χ4v) is 10.8. The average molecular weight is 848 g/mol. The lowest BCUT2D eigenvalue weighted by atomic mass is 10.00. The highest BCUT2D eigenvalue weighted by molar-refractivity contribution is 6.29. The second-order valence-corrected chi connectivity index (χ2v) is 18.3. The van der Waals surface area contributed by atoms with Crippen molar-refractivity contribution in [1.82, 2.24) is 0 Å². The van der Waals surface area contributed by atoms with E-state index in [9.17, 15) is 0 Å². The molecular formula is C61H37NO4. The van der Waals surface area contributed by atoms with Crippen molar-refractivity contribution >= 4 is 148 Å². The molecule has 310 valence electrons. The molecule has 0 atom stereocenters. The number of nitrogens with zero attached hydrogens (tertiary/aromatic N) is 1. The average Bonchev–Trinajstić information content (AvgIpc) is 4.10. The van der Waals surface area contributed by atoms with E-state index in [1.807, 2.05) is 24.3 Å². The highest BCUT2D eigenvalue weighted by Gasteiger charge is 2.21. The summed E-state index contributed by atoms with van der Waals surface area (Å²) in [6, 6.07) is 65.3. The van der Waals surface area contributed by atoms with Crippen LogP contribution >= 0.6 is 0 Å². The molecule has 0 amide bonds. The molecule has 0 spiro atoms. The summed E-state index contributed by atoms with van der Waals surface area (Å²) < 4.78 is 26.3. The van der Waals surface area contributed by atoms with Crippen LogP contribution in [-0.4, -0.2) is 0 Å². The van der Waals surface area contributed by atoms with Crippen LogP contribution in [-0.2, 0) is 0 Å². The molecule has 5 heteroatoms. The number of hydrogen-bond donors (Lipinski definition) is 0. The summed E-state index contributed by atoms with van der Waals surface area (Å²) in [6.45, 7) is 4.47. The van der Waals surface area contributed by atoms with Gasteiger partial charge in [-0.05, 0) is 164 Å². The Morgan fingerprint density at radius 1 is 0.288 bits per heavy atom. The number of furan rings is 4. The van der Waals surface area contributed by atoms with E-state index in [2.05, 4.69) is 176 Å². The minimum Gasteiger partial charge on any atom is -0.456 e. The zero-order valence-corrected chi connectivity index (χ0v) is 36.0. The summed E-state index contributed by atoms with van der Waals surface area (Å²) in [5.74, 6) is 0.424. The zero-order valence-electron chi connectivity index (χ0n) is 36.0. The van der Waals surface area contributed by atoms with Gasteiger partial charge in [-0.15, -0.1) is 0 Å². The monoisotopic (exact) mass is 847 g/mol. The third kappa shape index (κ3) is 5.11. The molecule has 15 aromatic rings. The van der Waals surface area contributed by atoms with Gasteiger partial charge in [-0.2, -0.15) is 0 Å². The molecule has 0 aliphatic heterocycles. The Kier molecular flexibility index (Phi) is 7.08. The molecule has 0 unspecified atom stereocenters. The molecule has 0 aliphatic rings. The third-order valence-corrected chi connectivity index (χ3v) is 14.1. The van der Waals surface area contributed by atoms with Crippen LogP contribution in [0.1, 0.15) is 25.3 Å². The molecule has 0 fully saturated rings. The Balaban J connectivity index is 0.890. The molecule has 4 heterocycles. The molecule has 0 N–H and O–H groups in total. The van der Waals surface area contributed by atoms with Gasteiger partial charge in [0, 0.05) is 60.2 Å². The molecule has 0 bridgehead atoms. The summed E-state index contributed by atoms with van der Waals surface area (Å²) in [5, 5.41) is 17.9. The van der Waals surface area contributed by atoms with Crippen molar-refractivity contribution in [2.75, 3.05) is 4.90 Å². The highest BCUT2D eigenvalue weighted by atomic mass is 16.3. The van der Waals surface area contributed by atoms with E-state index < -0.39 is 0 Å². The van der Waals surface area contributed by atoms with E-state index in [1.165, 1.54) is 16.3 Å². The van der Waals surface area contributed by atoms with Crippen molar-refractivity contribution < 1.29 is 17.7 Å². The highest BCUT2D eigenvalue weighted by Crippen LogP contribution is 2.46. The van der Waals surface area contributed by atoms with Gasteiger partial charge in [0.05, 0.1) is 0 Å². The minimum absolute atomic E-state index is 0.424. The SMILES string of the molecule is CC(C)c1ccc(N(c2ccc3cc4c(cc3c2)oc2ccc3oc5cc6ccccc6cc5c3c24)c2ccc3cc4c(cc3c2)oc2ccc3oc5cc6ccccc6cc5c3c24)cc1. The van der Waals surface area contributed by atoms with Crippen LogP contribution in [0.15, 0.2) is 200 Å². The fraction of sp³-hybridized carbons (Fsp3) is 0.0492. The molecular weight excluding hydrogens is 811 g/mol. The Morgan fingerprint density at radius 3 is 0.970 bits per heavy atom. The van der Waals surface area contributed by atoms with Gasteiger partial charge in [0.2, 0.25) is 0 Å². The van der Waals surface area contributed by atoms with Gasteiger partial charge in [0.1, 0.15) is 44.7 Å². The number of hydrogen-bond acceptors (Lipinski definition) is 5. The summed E-state index contributed by atoms with van der Waals surface area (Å²) in [4.78, 5) is 2.35. The molecule has 66 heavy (non-hydrogen) atoms. The topological polar surface area (TPSA) is 55.8 Å². The van der Waals surface area contributed by atoms with Crippen molar-refractivity contribution in [2.24, 2.45) is 0 Å². The largest absolute Gasteiger partial charge is 0.456 e.